The largest absolute Gasteiger partial charge is 0.497 e. The van der Waals surface area contributed by atoms with Gasteiger partial charge in [0.25, 0.3) is 11.5 Å². The van der Waals surface area contributed by atoms with Crippen LogP contribution in [0.1, 0.15) is 18.2 Å². The van der Waals surface area contributed by atoms with E-state index in [1.165, 1.54) is 11.0 Å². The molecule has 3 rings (SSSR count). The first-order valence-electron chi connectivity index (χ1n) is 7.31. The Balaban J connectivity index is 1.94. The second-order valence-electron chi connectivity index (χ2n) is 5.31. The third kappa shape index (κ3) is 2.96. The lowest BCUT2D eigenvalue weighted by molar-refractivity contribution is -0.113. The number of nitrogens with one attached hydrogen (secondary N) is 1. The Morgan fingerprint density at radius 3 is 2.50 bits per heavy atom. The fraction of sp³-hybridized carbons (Fsp3) is 0.176. The fourth-order valence-electron chi connectivity index (χ4n) is 2.40. The number of amides is 1. The topological polar surface area (TPSA) is 87.7 Å². The van der Waals surface area contributed by atoms with Crippen molar-refractivity contribution in [1.82, 2.24) is 9.97 Å². The zero-order valence-electron chi connectivity index (χ0n) is 13.5. The van der Waals surface area contributed by atoms with E-state index < -0.39 is 0 Å². The van der Waals surface area contributed by atoms with Crippen molar-refractivity contribution in [2.45, 2.75) is 13.8 Å². The summed E-state index contributed by atoms with van der Waals surface area (Å²) in [5.74, 6) is 1.02. The molecule has 0 fully saturated rings. The van der Waals surface area contributed by atoms with Crippen LogP contribution in [-0.2, 0) is 4.79 Å². The fourth-order valence-corrected chi connectivity index (χ4v) is 2.40. The average Bonchev–Trinajstić information content (AvgIpc) is 2.81. The SMILES string of the molecule is COc1ccc(/C=C2/N=C(C)N(c3nc(C)cc(=O)[nH]3)C2=O)cc1. The maximum Gasteiger partial charge on any atom is 0.284 e. The Morgan fingerprint density at radius 2 is 1.88 bits per heavy atom. The first-order chi connectivity index (χ1) is 11.5. The quantitative estimate of drug-likeness (QED) is 0.873. The number of aryl methyl sites for hydroxylation is 1. The van der Waals surface area contributed by atoms with Gasteiger partial charge in [0.1, 0.15) is 17.3 Å². The van der Waals surface area contributed by atoms with E-state index in [4.69, 9.17) is 4.74 Å². The highest BCUT2D eigenvalue weighted by Gasteiger charge is 2.30. The van der Waals surface area contributed by atoms with Crippen molar-refractivity contribution in [3.63, 3.8) is 0 Å². The summed E-state index contributed by atoms with van der Waals surface area (Å²) in [6.07, 6.45) is 1.68. The molecule has 0 unspecified atom stereocenters. The lowest BCUT2D eigenvalue weighted by atomic mass is 10.2. The number of hydrogen-bond acceptors (Lipinski definition) is 5. The molecule has 0 aliphatic carbocycles. The van der Waals surface area contributed by atoms with Crippen LogP contribution in [0.5, 0.6) is 5.75 Å². The Bertz CT molecular complexity index is 910. The lowest BCUT2D eigenvalue weighted by Gasteiger charge is -2.14. The summed E-state index contributed by atoms with van der Waals surface area (Å²) in [6.45, 7) is 3.38. The minimum atomic E-state index is -0.336. The molecule has 7 nitrogen and oxygen atoms in total. The van der Waals surface area contributed by atoms with Gasteiger partial charge in [-0.05, 0) is 37.6 Å². The van der Waals surface area contributed by atoms with Crippen LogP contribution >= 0.6 is 0 Å². The van der Waals surface area contributed by atoms with Gasteiger partial charge < -0.3 is 4.74 Å². The number of methoxy groups -OCH3 is 1. The molecule has 1 aromatic carbocycles. The van der Waals surface area contributed by atoms with Gasteiger partial charge in [0.15, 0.2) is 0 Å². The van der Waals surface area contributed by atoms with Gasteiger partial charge in [0.05, 0.1) is 7.11 Å². The molecule has 24 heavy (non-hydrogen) atoms. The molecule has 0 bridgehead atoms. The van der Waals surface area contributed by atoms with Gasteiger partial charge in [0.2, 0.25) is 5.95 Å². The van der Waals surface area contributed by atoms with E-state index in [0.29, 0.717) is 11.5 Å². The number of amidine groups is 1. The molecule has 7 heteroatoms. The van der Waals surface area contributed by atoms with E-state index in [0.717, 1.165) is 11.3 Å². The molecule has 0 saturated carbocycles. The van der Waals surface area contributed by atoms with E-state index >= 15 is 0 Å². The minimum Gasteiger partial charge on any atom is -0.497 e. The summed E-state index contributed by atoms with van der Waals surface area (Å²) in [5.41, 5.74) is 1.32. The number of H-pyrrole nitrogens is 1. The number of aliphatic imine (C=N–C) groups is 1. The number of carbonyl (C=O) groups is 1. The monoisotopic (exact) mass is 324 g/mol. The van der Waals surface area contributed by atoms with Gasteiger partial charge in [-0.1, -0.05) is 12.1 Å². The number of hydrogen-bond donors (Lipinski definition) is 1. The van der Waals surface area contributed by atoms with Crippen LogP contribution in [0.4, 0.5) is 5.95 Å². The molecular formula is C17H16N4O3. The van der Waals surface area contributed by atoms with Crippen LogP contribution in [0.3, 0.4) is 0 Å². The summed E-state index contributed by atoms with van der Waals surface area (Å²) < 4.78 is 5.11. The molecule has 1 amide bonds. The van der Waals surface area contributed by atoms with E-state index in [1.54, 1.807) is 39.2 Å². The maximum atomic E-state index is 12.6. The summed E-state index contributed by atoms with van der Waals surface area (Å²) >= 11 is 0. The van der Waals surface area contributed by atoms with E-state index in [9.17, 15) is 9.59 Å². The summed E-state index contributed by atoms with van der Waals surface area (Å²) in [7, 11) is 1.59. The number of benzene rings is 1. The molecule has 1 N–H and O–H groups in total. The number of aromatic nitrogens is 2. The normalized spacial score (nSPS) is 15.8. The van der Waals surface area contributed by atoms with Crippen LogP contribution in [0.15, 0.2) is 45.8 Å². The molecule has 1 aromatic heterocycles. The first-order valence-corrected chi connectivity index (χ1v) is 7.31. The van der Waals surface area contributed by atoms with E-state index in [2.05, 4.69) is 15.0 Å². The Kier molecular flexibility index (Phi) is 3.99. The van der Waals surface area contributed by atoms with Gasteiger partial charge in [0, 0.05) is 11.8 Å². The lowest BCUT2D eigenvalue weighted by Crippen LogP contribution is -2.33. The Hall–Kier alpha value is -3.22. The number of anilines is 1. The highest BCUT2D eigenvalue weighted by molar-refractivity contribution is 6.27. The molecular weight excluding hydrogens is 308 g/mol. The van der Waals surface area contributed by atoms with Crippen molar-refractivity contribution >= 4 is 23.8 Å². The zero-order chi connectivity index (χ0) is 17.3. The van der Waals surface area contributed by atoms with Crippen LogP contribution in [0.25, 0.3) is 6.08 Å². The average molecular weight is 324 g/mol. The van der Waals surface area contributed by atoms with Crippen molar-refractivity contribution in [1.29, 1.82) is 0 Å². The number of ether oxygens (including phenoxy) is 1. The summed E-state index contributed by atoms with van der Waals surface area (Å²) in [4.78, 5) is 36.6. The molecule has 0 atom stereocenters. The van der Waals surface area contributed by atoms with Crippen molar-refractivity contribution in [3.8, 4) is 5.75 Å². The molecule has 0 saturated heterocycles. The van der Waals surface area contributed by atoms with Gasteiger partial charge in [-0.2, -0.15) is 0 Å². The maximum absolute atomic E-state index is 12.6. The molecule has 122 valence electrons. The predicted molar refractivity (Wildman–Crippen MR) is 91.2 cm³/mol. The molecule has 1 aliphatic rings. The van der Waals surface area contributed by atoms with Gasteiger partial charge in [-0.25, -0.2) is 14.9 Å². The molecule has 1 aliphatic heterocycles. The number of nitrogens with zero attached hydrogens (tertiary/aromatic N) is 3. The Labute approximate surface area is 138 Å². The summed E-state index contributed by atoms with van der Waals surface area (Å²) in [6, 6.07) is 8.64. The smallest absolute Gasteiger partial charge is 0.284 e. The van der Waals surface area contributed by atoms with Crippen molar-refractivity contribution in [2.24, 2.45) is 4.99 Å². The highest BCUT2D eigenvalue weighted by Crippen LogP contribution is 2.22. The number of rotatable bonds is 3. The summed E-state index contributed by atoms with van der Waals surface area (Å²) in [5, 5.41) is 0. The second kappa shape index (κ2) is 6.11. The molecule has 0 spiro atoms. The van der Waals surface area contributed by atoms with Crippen molar-refractivity contribution in [2.75, 3.05) is 12.0 Å². The zero-order valence-corrected chi connectivity index (χ0v) is 13.5. The van der Waals surface area contributed by atoms with Crippen LogP contribution < -0.4 is 15.2 Å². The van der Waals surface area contributed by atoms with E-state index in [1.807, 2.05) is 12.1 Å². The van der Waals surface area contributed by atoms with Crippen molar-refractivity contribution in [3.05, 3.63) is 57.6 Å². The van der Waals surface area contributed by atoms with E-state index in [-0.39, 0.29) is 23.1 Å². The third-order valence-corrected chi connectivity index (χ3v) is 3.52. The third-order valence-electron chi connectivity index (χ3n) is 3.52. The Morgan fingerprint density at radius 1 is 1.17 bits per heavy atom. The minimum absolute atomic E-state index is 0.171. The van der Waals surface area contributed by atoms with Crippen LogP contribution in [0, 0.1) is 6.92 Å². The van der Waals surface area contributed by atoms with Gasteiger partial charge in [-0.3, -0.25) is 14.6 Å². The first kappa shape index (κ1) is 15.7. The highest BCUT2D eigenvalue weighted by atomic mass is 16.5. The molecule has 2 heterocycles. The number of aromatic amines is 1. The van der Waals surface area contributed by atoms with Crippen molar-refractivity contribution < 1.29 is 9.53 Å². The molecule has 0 radical (unpaired) electrons. The van der Waals surface area contributed by atoms with Gasteiger partial charge in [-0.15, -0.1) is 0 Å². The predicted octanol–water partition coefficient (Wildman–Crippen LogP) is 1.89. The standard InChI is InChI=1S/C17H16N4O3/c1-10-8-15(22)20-17(18-10)21-11(2)19-14(16(21)23)9-12-4-6-13(24-3)7-5-12/h4-9H,1-3H3,(H,18,20,22)/b14-9+. The number of carbonyl (C=O) groups excluding carboxylic acids is 1. The van der Waals surface area contributed by atoms with Crippen LogP contribution in [-0.4, -0.2) is 28.8 Å². The van der Waals surface area contributed by atoms with Crippen LogP contribution in [0.2, 0.25) is 0 Å². The van der Waals surface area contributed by atoms with Gasteiger partial charge >= 0.3 is 0 Å². The molecule has 2 aromatic rings. The second-order valence-corrected chi connectivity index (χ2v) is 5.31.